The van der Waals surface area contributed by atoms with Crippen LogP contribution in [0.25, 0.3) is 21.0 Å². The Bertz CT molecular complexity index is 1060. The van der Waals surface area contributed by atoms with E-state index in [1.807, 2.05) is 42.5 Å². The largest absolute Gasteiger partial charge is 0.301 e. The molecule has 1 amide bonds. The second-order valence-electron chi connectivity index (χ2n) is 5.44. The minimum absolute atomic E-state index is 0.0664. The van der Waals surface area contributed by atoms with Crippen LogP contribution in [0.2, 0.25) is 5.02 Å². The van der Waals surface area contributed by atoms with Crippen molar-refractivity contribution < 1.29 is 4.79 Å². The molecule has 124 valence electrons. The Hall–Kier alpha value is -2.08. The molecule has 0 atom stereocenters. The number of hydrogen-bond donors (Lipinski definition) is 1. The van der Waals surface area contributed by atoms with Crippen molar-refractivity contribution in [2.24, 2.45) is 0 Å². The molecule has 1 N–H and O–H groups in total. The van der Waals surface area contributed by atoms with Gasteiger partial charge in [0.15, 0.2) is 5.13 Å². The average molecular weight is 385 g/mol. The number of nitrogens with one attached hydrogen (secondary N) is 1. The van der Waals surface area contributed by atoms with Crippen molar-refractivity contribution in [3.05, 3.63) is 65.7 Å². The summed E-state index contributed by atoms with van der Waals surface area (Å²) in [5, 5.41) is 6.56. The minimum atomic E-state index is -0.0664. The van der Waals surface area contributed by atoms with Gasteiger partial charge in [0.2, 0.25) is 5.91 Å². The number of fused-ring (bicyclic) bond motifs is 3. The number of nitrogens with zero attached hydrogens (tertiary/aromatic N) is 1. The summed E-state index contributed by atoms with van der Waals surface area (Å²) >= 11 is 8.85. The summed E-state index contributed by atoms with van der Waals surface area (Å²) < 4.78 is 1.10. The van der Waals surface area contributed by atoms with Crippen molar-refractivity contribution in [3.8, 4) is 0 Å². The summed E-state index contributed by atoms with van der Waals surface area (Å²) in [5.74, 6) is 0.265. The van der Waals surface area contributed by atoms with E-state index in [4.69, 9.17) is 11.6 Å². The van der Waals surface area contributed by atoms with Gasteiger partial charge in [0.1, 0.15) is 0 Å². The molecule has 0 aliphatic rings. The highest BCUT2D eigenvalue weighted by Gasteiger charge is 2.10. The zero-order valence-electron chi connectivity index (χ0n) is 13.0. The molecule has 0 fully saturated rings. The second-order valence-corrected chi connectivity index (χ2v) is 7.93. The maximum absolute atomic E-state index is 12.2. The van der Waals surface area contributed by atoms with E-state index in [2.05, 4.69) is 28.5 Å². The van der Waals surface area contributed by atoms with Crippen LogP contribution in [-0.4, -0.2) is 16.6 Å². The maximum atomic E-state index is 12.2. The van der Waals surface area contributed by atoms with Crippen molar-refractivity contribution >= 4 is 66.7 Å². The van der Waals surface area contributed by atoms with Gasteiger partial charge < -0.3 is 5.32 Å². The molecular weight excluding hydrogens is 372 g/mol. The van der Waals surface area contributed by atoms with Crippen LogP contribution in [0, 0.1) is 0 Å². The molecule has 1 aromatic heterocycles. The van der Waals surface area contributed by atoms with E-state index in [9.17, 15) is 4.79 Å². The van der Waals surface area contributed by atoms with Gasteiger partial charge in [0.25, 0.3) is 0 Å². The van der Waals surface area contributed by atoms with E-state index < -0.39 is 0 Å². The number of thioether (sulfide) groups is 1. The Morgan fingerprint density at radius 1 is 1.08 bits per heavy atom. The Labute approximate surface area is 158 Å². The first-order valence-electron chi connectivity index (χ1n) is 7.65. The number of aromatic nitrogens is 1. The van der Waals surface area contributed by atoms with Gasteiger partial charge in [-0.15, -0.1) is 11.8 Å². The zero-order chi connectivity index (χ0) is 17.2. The lowest BCUT2D eigenvalue weighted by molar-refractivity contribution is -0.113. The summed E-state index contributed by atoms with van der Waals surface area (Å²) in [5.41, 5.74) is 0.907. The van der Waals surface area contributed by atoms with E-state index >= 15 is 0 Å². The minimum Gasteiger partial charge on any atom is -0.301 e. The van der Waals surface area contributed by atoms with Crippen molar-refractivity contribution in [2.75, 3.05) is 11.1 Å². The molecular formula is C19H13ClN2OS2. The van der Waals surface area contributed by atoms with Gasteiger partial charge in [-0.2, -0.15) is 0 Å². The SMILES string of the molecule is O=C(CSc1ccc(Cl)cc1)Nc1nc2ccc3ccccc3c2s1. The average Bonchev–Trinajstić information content (AvgIpc) is 3.04. The van der Waals surface area contributed by atoms with E-state index in [0.717, 1.165) is 20.5 Å². The Balaban J connectivity index is 1.49. The summed E-state index contributed by atoms with van der Waals surface area (Å²) in [4.78, 5) is 17.7. The van der Waals surface area contributed by atoms with Crippen LogP contribution >= 0.6 is 34.7 Å². The van der Waals surface area contributed by atoms with Gasteiger partial charge >= 0.3 is 0 Å². The molecule has 0 spiro atoms. The molecule has 4 rings (SSSR count). The van der Waals surface area contributed by atoms with Gasteiger partial charge in [-0.3, -0.25) is 4.79 Å². The predicted octanol–water partition coefficient (Wildman–Crippen LogP) is 5.83. The van der Waals surface area contributed by atoms with E-state index in [-0.39, 0.29) is 5.91 Å². The van der Waals surface area contributed by atoms with Crippen LogP contribution in [0.3, 0.4) is 0 Å². The molecule has 0 aliphatic carbocycles. The first-order valence-corrected chi connectivity index (χ1v) is 9.83. The van der Waals surface area contributed by atoms with Crippen molar-refractivity contribution in [1.82, 2.24) is 4.98 Å². The molecule has 1 heterocycles. The number of anilines is 1. The van der Waals surface area contributed by atoms with Gasteiger partial charge in [-0.05, 0) is 35.7 Å². The molecule has 0 saturated carbocycles. The highest BCUT2D eigenvalue weighted by atomic mass is 35.5. The number of thiazole rings is 1. The Morgan fingerprint density at radius 3 is 2.72 bits per heavy atom. The van der Waals surface area contributed by atoms with Gasteiger partial charge in [0.05, 0.1) is 16.0 Å². The quantitative estimate of drug-likeness (QED) is 0.450. The van der Waals surface area contributed by atoms with Crippen LogP contribution in [0.1, 0.15) is 0 Å². The molecule has 25 heavy (non-hydrogen) atoms. The fraction of sp³-hybridized carbons (Fsp3) is 0.0526. The number of rotatable bonds is 4. The molecule has 6 heteroatoms. The van der Waals surface area contributed by atoms with Crippen LogP contribution in [0.5, 0.6) is 0 Å². The van der Waals surface area contributed by atoms with Crippen LogP contribution in [-0.2, 0) is 4.79 Å². The number of amides is 1. The third-order valence-electron chi connectivity index (χ3n) is 3.71. The zero-order valence-corrected chi connectivity index (χ0v) is 15.4. The molecule has 0 radical (unpaired) electrons. The third kappa shape index (κ3) is 3.63. The molecule has 0 saturated heterocycles. The number of carbonyl (C=O) groups is 1. The summed E-state index contributed by atoms with van der Waals surface area (Å²) in [6.45, 7) is 0. The Morgan fingerprint density at radius 2 is 1.88 bits per heavy atom. The second kappa shape index (κ2) is 7.04. The van der Waals surface area contributed by atoms with Gasteiger partial charge in [-0.25, -0.2) is 4.98 Å². The number of hydrogen-bond acceptors (Lipinski definition) is 4. The number of halogens is 1. The summed E-state index contributed by atoms with van der Waals surface area (Å²) in [6, 6.07) is 19.7. The topological polar surface area (TPSA) is 42.0 Å². The van der Waals surface area contributed by atoms with Crippen molar-refractivity contribution in [2.45, 2.75) is 4.90 Å². The summed E-state index contributed by atoms with van der Waals surface area (Å²) in [7, 11) is 0. The lowest BCUT2D eigenvalue weighted by Gasteiger charge is -2.02. The van der Waals surface area contributed by atoms with Crippen LogP contribution < -0.4 is 5.32 Å². The maximum Gasteiger partial charge on any atom is 0.236 e. The van der Waals surface area contributed by atoms with E-state index in [0.29, 0.717) is 15.9 Å². The smallest absolute Gasteiger partial charge is 0.236 e. The highest BCUT2D eigenvalue weighted by Crippen LogP contribution is 2.32. The predicted molar refractivity (Wildman–Crippen MR) is 108 cm³/mol. The lowest BCUT2D eigenvalue weighted by Crippen LogP contribution is -2.13. The van der Waals surface area contributed by atoms with Crippen molar-refractivity contribution in [1.29, 1.82) is 0 Å². The number of carbonyl (C=O) groups excluding carboxylic acids is 1. The fourth-order valence-corrected chi connectivity index (χ4v) is 4.38. The third-order valence-corrected chi connectivity index (χ3v) is 5.99. The monoisotopic (exact) mass is 384 g/mol. The first-order chi connectivity index (χ1) is 12.2. The van der Waals surface area contributed by atoms with E-state index in [1.54, 1.807) is 0 Å². The van der Waals surface area contributed by atoms with Crippen molar-refractivity contribution in [3.63, 3.8) is 0 Å². The normalized spacial score (nSPS) is 11.1. The molecule has 0 bridgehead atoms. The molecule has 4 aromatic rings. The van der Waals surface area contributed by atoms with Crippen LogP contribution in [0.15, 0.2) is 65.6 Å². The molecule has 3 nitrogen and oxygen atoms in total. The van der Waals surface area contributed by atoms with Gasteiger partial charge in [-0.1, -0.05) is 53.3 Å². The molecule has 3 aromatic carbocycles. The fourth-order valence-electron chi connectivity index (χ4n) is 2.54. The molecule has 0 unspecified atom stereocenters. The standard InChI is InChI=1S/C19H13ClN2OS2/c20-13-6-8-14(9-7-13)24-11-17(23)22-19-21-16-10-5-12-3-1-2-4-15(12)18(16)25-19/h1-10H,11H2,(H,21,22,23). The molecule has 0 aliphatic heterocycles. The van der Waals surface area contributed by atoms with E-state index in [1.165, 1.54) is 28.5 Å². The van der Waals surface area contributed by atoms with Crippen LogP contribution in [0.4, 0.5) is 5.13 Å². The Kier molecular flexibility index (Phi) is 4.61. The van der Waals surface area contributed by atoms with Gasteiger partial charge in [0, 0.05) is 15.3 Å². The lowest BCUT2D eigenvalue weighted by atomic mass is 10.1. The number of benzene rings is 3. The first kappa shape index (κ1) is 16.4. The highest BCUT2D eigenvalue weighted by molar-refractivity contribution is 8.00. The summed E-state index contributed by atoms with van der Waals surface area (Å²) in [6.07, 6.45) is 0.